The lowest BCUT2D eigenvalue weighted by Gasteiger charge is -2.32. The van der Waals surface area contributed by atoms with E-state index in [2.05, 4.69) is 16.9 Å². The maximum atomic E-state index is 11.9. The summed E-state index contributed by atoms with van der Waals surface area (Å²) in [5.41, 5.74) is 1.43. The van der Waals surface area contributed by atoms with E-state index in [1.807, 2.05) is 14.0 Å². The van der Waals surface area contributed by atoms with Crippen LogP contribution in [0.25, 0.3) is 0 Å². The highest BCUT2D eigenvalue weighted by molar-refractivity contribution is 5.90. The summed E-state index contributed by atoms with van der Waals surface area (Å²) < 4.78 is 6.78. The van der Waals surface area contributed by atoms with Gasteiger partial charge in [-0.05, 0) is 33.2 Å². The van der Waals surface area contributed by atoms with E-state index in [9.17, 15) is 4.79 Å². The van der Waals surface area contributed by atoms with Crippen molar-refractivity contribution in [1.82, 2.24) is 14.7 Å². The maximum Gasteiger partial charge on any atom is 0.341 e. The molecule has 0 N–H and O–H groups in total. The Morgan fingerprint density at radius 2 is 2.32 bits per heavy atom. The third-order valence-electron chi connectivity index (χ3n) is 3.69. The molecule has 5 nitrogen and oxygen atoms in total. The molecular formula is C14H23N3O2. The summed E-state index contributed by atoms with van der Waals surface area (Å²) in [6, 6.07) is 0.561. The average Bonchev–Trinajstić information content (AvgIpc) is 2.74. The molecule has 0 saturated carbocycles. The molecule has 0 amide bonds. The highest BCUT2D eigenvalue weighted by Gasteiger charge is 2.23. The first-order valence-corrected chi connectivity index (χ1v) is 7.05. The Balaban J connectivity index is 2.12. The molecule has 0 aliphatic carbocycles. The zero-order valence-electron chi connectivity index (χ0n) is 12.1. The number of carbonyl (C=O) groups is 1. The molecule has 1 fully saturated rings. The van der Waals surface area contributed by atoms with Crippen LogP contribution in [-0.2, 0) is 18.3 Å². The van der Waals surface area contributed by atoms with Gasteiger partial charge >= 0.3 is 5.97 Å². The number of hydrogen-bond acceptors (Lipinski definition) is 4. The Bertz CT molecular complexity index is 442. The van der Waals surface area contributed by atoms with E-state index >= 15 is 0 Å². The number of piperidine rings is 1. The van der Waals surface area contributed by atoms with Gasteiger partial charge in [-0.15, -0.1) is 0 Å². The van der Waals surface area contributed by atoms with Crippen molar-refractivity contribution in [3.05, 3.63) is 17.5 Å². The summed E-state index contributed by atoms with van der Waals surface area (Å²) >= 11 is 0. The molecule has 1 saturated heterocycles. The first-order chi connectivity index (χ1) is 9.11. The minimum Gasteiger partial charge on any atom is -0.462 e. The minimum atomic E-state index is -0.268. The van der Waals surface area contributed by atoms with Crippen LogP contribution in [0.15, 0.2) is 6.20 Å². The summed E-state index contributed by atoms with van der Waals surface area (Å²) in [6.07, 6.45) is 5.50. The molecule has 0 radical (unpaired) electrons. The van der Waals surface area contributed by atoms with Crippen molar-refractivity contribution in [1.29, 1.82) is 0 Å². The van der Waals surface area contributed by atoms with Crippen LogP contribution >= 0.6 is 0 Å². The summed E-state index contributed by atoms with van der Waals surface area (Å²) in [4.78, 5) is 14.3. The van der Waals surface area contributed by atoms with Crippen LogP contribution in [0.5, 0.6) is 0 Å². The monoisotopic (exact) mass is 265 g/mol. The average molecular weight is 265 g/mol. The van der Waals surface area contributed by atoms with E-state index in [1.165, 1.54) is 19.3 Å². The standard InChI is InChI=1S/C14H23N3O2/c1-4-19-14(18)12-9-16(3)15-13(12)10-17-8-6-5-7-11(17)2/h9,11H,4-8,10H2,1-3H3. The van der Waals surface area contributed by atoms with Crippen molar-refractivity contribution in [2.75, 3.05) is 13.2 Å². The van der Waals surface area contributed by atoms with Crippen LogP contribution < -0.4 is 0 Å². The summed E-state index contributed by atoms with van der Waals surface area (Å²) in [5, 5.41) is 4.42. The number of ether oxygens (including phenoxy) is 1. The molecule has 1 aliphatic heterocycles. The van der Waals surface area contributed by atoms with Gasteiger partial charge in [0.15, 0.2) is 0 Å². The fourth-order valence-electron chi connectivity index (χ4n) is 2.62. The molecule has 2 rings (SSSR count). The van der Waals surface area contributed by atoms with Crippen molar-refractivity contribution in [3.8, 4) is 0 Å². The predicted octanol–water partition coefficient (Wildman–Crippen LogP) is 1.97. The summed E-state index contributed by atoms with van der Waals surface area (Å²) in [6.45, 7) is 6.27. The SMILES string of the molecule is CCOC(=O)c1cn(C)nc1CN1CCCCC1C. The Hall–Kier alpha value is -1.36. The van der Waals surface area contributed by atoms with Gasteiger partial charge in [-0.1, -0.05) is 6.42 Å². The topological polar surface area (TPSA) is 47.4 Å². The van der Waals surface area contributed by atoms with Gasteiger partial charge < -0.3 is 4.74 Å². The largest absolute Gasteiger partial charge is 0.462 e. The number of rotatable bonds is 4. The molecule has 0 bridgehead atoms. The molecule has 5 heteroatoms. The van der Waals surface area contributed by atoms with Gasteiger partial charge in [0, 0.05) is 25.8 Å². The highest BCUT2D eigenvalue weighted by atomic mass is 16.5. The molecule has 1 unspecified atom stereocenters. The first kappa shape index (κ1) is 14.1. The van der Waals surface area contributed by atoms with E-state index in [-0.39, 0.29) is 5.97 Å². The lowest BCUT2D eigenvalue weighted by atomic mass is 10.0. The Morgan fingerprint density at radius 3 is 3.00 bits per heavy atom. The third kappa shape index (κ3) is 3.35. The van der Waals surface area contributed by atoms with Crippen LogP contribution in [0.2, 0.25) is 0 Å². The van der Waals surface area contributed by atoms with Crippen molar-refractivity contribution >= 4 is 5.97 Å². The van der Waals surface area contributed by atoms with E-state index in [1.54, 1.807) is 10.9 Å². The number of nitrogens with zero attached hydrogens (tertiary/aromatic N) is 3. The summed E-state index contributed by atoms with van der Waals surface area (Å²) in [7, 11) is 1.84. The molecule has 0 spiro atoms. The van der Waals surface area contributed by atoms with E-state index in [0.717, 1.165) is 18.8 Å². The van der Waals surface area contributed by atoms with Gasteiger partial charge in [0.25, 0.3) is 0 Å². The lowest BCUT2D eigenvalue weighted by Crippen LogP contribution is -2.37. The number of aryl methyl sites for hydroxylation is 1. The Morgan fingerprint density at radius 1 is 1.53 bits per heavy atom. The number of hydrogen-bond donors (Lipinski definition) is 0. The molecule has 106 valence electrons. The number of esters is 1. The van der Waals surface area contributed by atoms with Crippen molar-refractivity contribution in [2.45, 2.75) is 45.7 Å². The molecular weight excluding hydrogens is 242 g/mol. The van der Waals surface area contributed by atoms with Crippen molar-refractivity contribution in [2.24, 2.45) is 7.05 Å². The van der Waals surface area contributed by atoms with Crippen LogP contribution in [0.1, 0.15) is 49.2 Å². The second kappa shape index (κ2) is 6.19. The molecule has 1 aromatic heterocycles. The zero-order chi connectivity index (χ0) is 13.8. The van der Waals surface area contributed by atoms with Crippen LogP contribution in [0.3, 0.4) is 0 Å². The molecule has 0 aromatic carbocycles. The normalized spacial score (nSPS) is 20.5. The van der Waals surface area contributed by atoms with E-state index in [4.69, 9.17) is 4.74 Å². The fraction of sp³-hybridized carbons (Fsp3) is 0.714. The molecule has 1 atom stereocenters. The van der Waals surface area contributed by atoms with Gasteiger partial charge in [-0.3, -0.25) is 9.58 Å². The smallest absolute Gasteiger partial charge is 0.341 e. The lowest BCUT2D eigenvalue weighted by molar-refractivity contribution is 0.0522. The molecule has 1 aromatic rings. The quantitative estimate of drug-likeness (QED) is 0.781. The van der Waals surface area contributed by atoms with Crippen molar-refractivity contribution < 1.29 is 9.53 Å². The zero-order valence-corrected chi connectivity index (χ0v) is 12.1. The molecule has 19 heavy (non-hydrogen) atoms. The Kier molecular flexibility index (Phi) is 4.58. The van der Waals surface area contributed by atoms with Crippen LogP contribution in [-0.4, -0.2) is 39.8 Å². The maximum absolute atomic E-state index is 11.9. The Labute approximate surface area is 114 Å². The summed E-state index contributed by atoms with van der Waals surface area (Å²) in [5.74, 6) is -0.268. The third-order valence-corrected chi connectivity index (χ3v) is 3.69. The van der Waals surface area contributed by atoms with Crippen LogP contribution in [0, 0.1) is 0 Å². The van der Waals surface area contributed by atoms with E-state index < -0.39 is 0 Å². The fourth-order valence-corrected chi connectivity index (χ4v) is 2.62. The second-order valence-electron chi connectivity index (χ2n) is 5.20. The number of likely N-dealkylation sites (tertiary alicyclic amines) is 1. The number of carbonyl (C=O) groups excluding carboxylic acids is 1. The minimum absolute atomic E-state index is 0.268. The van der Waals surface area contributed by atoms with Gasteiger partial charge in [-0.25, -0.2) is 4.79 Å². The van der Waals surface area contributed by atoms with E-state index in [0.29, 0.717) is 18.2 Å². The highest BCUT2D eigenvalue weighted by Crippen LogP contribution is 2.20. The predicted molar refractivity (Wildman–Crippen MR) is 72.9 cm³/mol. The second-order valence-corrected chi connectivity index (χ2v) is 5.20. The van der Waals surface area contributed by atoms with Crippen LogP contribution in [0.4, 0.5) is 0 Å². The first-order valence-electron chi connectivity index (χ1n) is 7.05. The van der Waals surface area contributed by atoms with Gasteiger partial charge in [-0.2, -0.15) is 5.10 Å². The van der Waals surface area contributed by atoms with Gasteiger partial charge in [0.05, 0.1) is 12.3 Å². The molecule has 1 aliphatic rings. The van der Waals surface area contributed by atoms with Crippen molar-refractivity contribution in [3.63, 3.8) is 0 Å². The van der Waals surface area contributed by atoms with Gasteiger partial charge in [0.2, 0.25) is 0 Å². The number of aromatic nitrogens is 2. The van der Waals surface area contributed by atoms with Gasteiger partial charge in [0.1, 0.15) is 5.56 Å². The molecule has 2 heterocycles.